The lowest BCUT2D eigenvalue weighted by Gasteiger charge is -2.03. The van der Waals surface area contributed by atoms with Gasteiger partial charge in [-0.05, 0) is 6.42 Å². The first-order valence-electron chi connectivity index (χ1n) is 5.60. The summed E-state index contributed by atoms with van der Waals surface area (Å²) in [6.07, 6.45) is 6.25. The molecule has 0 bridgehead atoms. The van der Waals surface area contributed by atoms with Crippen LogP contribution in [0.25, 0.3) is 0 Å². The zero-order valence-corrected chi connectivity index (χ0v) is 10.3. The molecule has 0 aromatic rings. The molecule has 0 aliphatic carbocycles. The number of hydrogen-bond donors (Lipinski definition) is 1. The highest BCUT2D eigenvalue weighted by atomic mass is 32.2. The zero-order chi connectivity index (χ0) is 11.6. The van der Waals surface area contributed by atoms with Crippen molar-refractivity contribution in [2.75, 3.05) is 19.0 Å². The molecule has 0 fully saturated rings. The second kappa shape index (κ2) is 9.12. The Kier molecular flexibility index (Phi) is 9.04. The van der Waals surface area contributed by atoms with Crippen molar-refractivity contribution in [1.29, 1.82) is 0 Å². The fourth-order valence-corrected chi connectivity index (χ4v) is 2.29. The van der Waals surface area contributed by atoms with Crippen molar-refractivity contribution in [2.45, 2.75) is 45.4 Å². The molecule has 5 heteroatoms. The van der Waals surface area contributed by atoms with Crippen LogP contribution in [0.4, 0.5) is 0 Å². The molecular formula is C10H22O4S. The summed E-state index contributed by atoms with van der Waals surface area (Å²) in [4.78, 5) is 0. The van der Waals surface area contributed by atoms with Gasteiger partial charge in [0.1, 0.15) is 0 Å². The minimum absolute atomic E-state index is 0.0686. The van der Waals surface area contributed by atoms with Crippen LogP contribution in [-0.2, 0) is 14.3 Å². The van der Waals surface area contributed by atoms with E-state index in [0.29, 0.717) is 6.42 Å². The van der Waals surface area contributed by atoms with Crippen molar-refractivity contribution >= 4 is 10.1 Å². The van der Waals surface area contributed by atoms with Gasteiger partial charge in [0.2, 0.25) is 0 Å². The second-order valence-corrected chi connectivity index (χ2v) is 5.33. The van der Waals surface area contributed by atoms with Crippen LogP contribution in [-0.4, -0.2) is 32.5 Å². The molecule has 0 aliphatic heterocycles. The summed E-state index contributed by atoms with van der Waals surface area (Å²) in [5.41, 5.74) is 0. The van der Waals surface area contributed by atoms with E-state index < -0.39 is 10.1 Å². The first-order valence-corrected chi connectivity index (χ1v) is 7.18. The van der Waals surface area contributed by atoms with Crippen molar-refractivity contribution in [1.82, 2.24) is 0 Å². The summed E-state index contributed by atoms with van der Waals surface area (Å²) in [6, 6.07) is 0. The maximum absolute atomic E-state index is 11.1. The standard InChI is InChI=1S/C10H22O4S/c1-2-3-4-5-6-7-10-15(12,13)14-9-8-11/h11H,2-10H2,1H3. The Morgan fingerprint density at radius 1 is 1.07 bits per heavy atom. The van der Waals surface area contributed by atoms with E-state index in [4.69, 9.17) is 5.11 Å². The fourth-order valence-electron chi connectivity index (χ4n) is 1.28. The molecule has 0 spiro atoms. The van der Waals surface area contributed by atoms with Gasteiger partial charge in [0.05, 0.1) is 19.0 Å². The highest BCUT2D eigenvalue weighted by Crippen LogP contribution is 2.07. The van der Waals surface area contributed by atoms with Crippen LogP contribution < -0.4 is 0 Å². The largest absolute Gasteiger partial charge is 0.394 e. The molecule has 0 amide bonds. The quantitative estimate of drug-likeness (QED) is 0.464. The maximum atomic E-state index is 11.1. The first-order chi connectivity index (χ1) is 7.12. The first kappa shape index (κ1) is 14.9. The molecule has 0 aliphatic rings. The molecule has 0 unspecified atom stereocenters. The van der Waals surface area contributed by atoms with E-state index in [0.717, 1.165) is 12.8 Å². The van der Waals surface area contributed by atoms with E-state index in [9.17, 15) is 8.42 Å². The Bertz CT molecular complexity index is 224. The molecule has 0 aromatic heterocycles. The summed E-state index contributed by atoms with van der Waals surface area (Å²) in [7, 11) is -3.40. The van der Waals surface area contributed by atoms with Crippen LogP contribution in [0.15, 0.2) is 0 Å². The highest BCUT2D eigenvalue weighted by molar-refractivity contribution is 7.86. The molecule has 1 N–H and O–H groups in total. The van der Waals surface area contributed by atoms with Crippen LogP contribution in [0.3, 0.4) is 0 Å². The topological polar surface area (TPSA) is 63.6 Å². The third-order valence-electron chi connectivity index (χ3n) is 2.10. The van der Waals surface area contributed by atoms with Gasteiger partial charge in [0.25, 0.3) is 10.1 Å². The van der Waals surface area contributed by atoms with Crippen LogP contribution in [0.5, 0.6) is 0 Å². The van der Waals surface area contributed by atoms with Gasteiger partial charge >= 0.3 is 0 Å². The molecule has 0 saturated carbocycles. The van der Waals surface area contributed by atoms with E-state index in [1.54, 1.807) is 0 Å². The summed E-state index contributed by atoms with van der Waals surface area (Å²) < 4.78 is 26.8. The van der Waals surface area contributed by atoms with E-state index in [-0.39, 0.29) is 19.0 Å². The minimum Gasteiger partial charge on any atom is -0.394 e. The van der Waals surface area contributed by atoms with Gasteiger partial charge < -0.3 is 5.11 Å². The third kappa shape index (κ3) is 10.2. The Labute approximate surface area is 92.8 Å². The summed E-state index contributed by atoms with van der Waals surface area (Å²) in [5, 5.41) is 8.41. The average Bonchev–Trinajstić information content (AvgIpc) is 2.20. The minimum atomic E-state index is -3.40. The third-order valence-corrected chi connectivity index (χ3v) is 3.42. The fraction of sp³-hybridized carbons (Fsp3) is 1.00. The van der Waals surface area contributed by atoms with Gasteiger partial charge in [0, 0.05) is 0 Å². The lowest BCUT2D eigenvalue weighted by molar-refractivity contribution is 0.205. The van der Waals surface area contributed by atoms with E-state index in [2.05, 4.69) is 11.1 Å². The molecule has 0 atom stereocenters. The predicted octanol–water partition coefficient (Wildman–Crippen LogP) is 1.69. The maximum Gasteiger partial charge on any atom is 0.267 e. The van der Waals surface area contributed by atoms with Gasteiger partial charge in [-0.25, -0.2) is 0 Å². The highest BCUT2D eigenvalue weighted by Gasteiger charge is 2.09. The van der Waals surface area contributed by atoms with Crippen LogP contribution in [0, 0.1) is 0 Å². The molecule has 0 radical (unpaired) electrons. The SMILES string of the molecule is CCCCCCCCS(=O)(=O)OCCO. The number of unbranched alkanes of at least 4 members (excludes halogenated alkanes) is 5. The molecule has 0 heterocycles. The van der Waals surface area contributed by atoms with Crippen molar-refractivity contribution in [3.63, 3.8) is 0 Å². The van der Waals surface area contributed by atoms with Crippen molar-refractivity contribution in [2.24, 2.45) is 0 Å². The second-order valence-electron chi connectivity index (χ2n) is 3.58. The van der Waals surface area contributed by atoms with Crippen molar-refractivity contribution in [3.05, 3.63) is 0 Å². The van der Waals surface area contributed by atoms with Gasteiger partial charge in [0.15, 0.2) is 0 Å². The number of aliphatic hydroxyl groups is 1. The summed E-state index contributed by atoms with van der Waals surface area (Å²) >= 11 is 0. The zero-order valence-electron chi connectivity index (χ0n) is 9.44. The van der Waals surface area contributed by atoms with Crippen LogP contribution >= 0.6 is 0 Å². The monoisotopic (exact) mass is 238 g/mol. The molecule has 4 nitrogen and oxygen atoms in total. The molecule has 0 rings (SSSR count). The van der Waals surface area contributed by atoms with Crippen molar-refractivity contribution < 1.29 is 17.7 Å². The van der Waals surface area contributed by atoms with E-state index in [1.165, 1.54) is 19.3 Å². The van der Waals surface area contributed by atoms with Gasteiger partial charge in [-0.3, -0.25) is 4.18 Å². The number of aliphatic hydroxyl groups excluding tert-OH is 1. The molecule has 92 valence electrons. The van der Waals surface area contributed by atoms with E-state index in [1.807, 2.05) is 0 Å². The molecular weight excluding hydrogens is 216 g/mol. The average molecular weight is 238 g/mol. The Balaban J connectivity index is 3.41. The molecule has 0 aromatic carbocycles. The Morgan fingerprint density at radius 2 is 1.67 bits per heavy atom. The smallest absolute Gasteiger partial charge is 0.267 e. The summed E-state index contributed by atoms with van der Waals surface area (Å²) in [6.45, 7) is 1.76. The lowest BCUT2D eigenvalue weighted by atomic mass is 10.1. The predicted molar refractivity (Wildman–Crippen MR) is 60.2 cm³/mol. The van der Waals surface area contributed by atoms with E-state index >= 15 is 0 Å². The van der Waals surface area contributed by atoms with Gasteiger partial charge in [-0.1, -0.05) is 39.0 Å². The lowest BCUT2D eigenvalue weighted by Crippen LogP contribution is -2.13. The Hall–Kier alpha value is -0.130. The van der Waals surface area contributed by atoms with Gasteiger partial charge in [-0.15, -0.1) is 0 Å². The molecule has 0 saturated heterocycles. The number of hydrogen-bond acceptors (Lipinski definition) is 4. The number of rotatable bonds is 10. The summed E-state index contributed by atoms with van der Waals surface area (Å²) in [5.74, 6) is 0.0686. The Morgan fingerprint density at radius 3 is 2.27 bits per heavy atom. The molecule has 15 heavy (non-hydrogen) atoms. The van der Waals surface area contributed by atoms with Crippen molar-refractivity contribution in [3.8, 4) is 0 Å². The van der Waals surface area contributed by atoms with Gasteiger partial charge in [-0.2, -0.15) is 8.42 Å². The van der Waals surface area contributed by atoms with Crippen LogP contribution in [0.2, 0.25) is 0 Å². The van der Waals surface area contributed by atoms with Crippen LogP contribution in [0.1, 0.15) is 45.4 Å². The normalized spacial score (nSPS) is 11.9.